The van der Waals surface area contributed by atoms with E-state index in [1.807, 2.05) is 0 Å². The van der Waals surface area contributed by atoms with Crippen molar-refractivity contribution >= 4 is 17.5 Å². The second-order valence-electron chi connectivity index (χ2n) is 1.22. The van der Waals surface area contributed by atoms with Gasteiger partial charge in [-0.15, -0.1) is 11.8 Å². The molecular weight excluding hydrogens is 122 g/mol. The fraction of sp³-hybridized carbons (Fsp3) is 0.400. The lowest BCUT2D eigenvalue weighted by molar-refractivity contribution is -0.115. The summed E-state index contributed by atoms with van der Waals surface area (Å²) in [5.74, 6) is 0.523. The number of hydrogen-bond acceptors (Lipinski definition) is 3. The van der Waals surface area contributed by atoms with E-state index in [4.69, 9.17) is 5.73 Å². The Bertz CT molecular complexity index is 92.4. The molecule has 0 atom stereocenters. The van der Waals surface area contributed by atoms with E-state index < -0.39 is 0 Å². The Morgan fingerprint density at radius 2 is 2.50 bits per heavy atom. The first kappa shape index (κ1) is 7.72. The molecule has 2 nitrogen and oxygen atoms in total. The van der Waals surface area contributed by atoms with E-state index in [0.29, 0.717) is 5.75 Å². The molecule has 0 aromatic heterocycles. The zero-order chi connectivity index (χ0) is 6.41. The molecule has 0 aromatic rings. The van der Waals surface area contributed by atoms with Gasteiger partial charge in [0.25, 0.3) is 0 Å². The van der Waals surface area contributed by atoms with Gasteiger partial charge in [0.1, 0.15) is 0 Å². The summed E-state index contributed by atoms with van der Waals surface area (Å²) in [4.78, 5) is 10.4. The highest BCUT2D eigenvalue weighted by Crippen LogP contribution is 1.97. The third kappa shape index (κ3) is 3.89. The van der Waals surface area contributed by atoms with E-state index in [1.54, 1.807) is 5.41 Å². The second-order valence-corrected chi connectivity index (χ2v) is 2.18. The van der Waals surface area contributed by atoms with Crippen LogP contribution in [0.25, 0.3) is 0 Å². The molecular formula is C5H9NOS. The monoisotopic (exact) mass is 131 g/mol. The van der Waals surface area contributed by atoms with Gasteiger partial charge in [-0.3, -0.25) is 4.79 Å². The van der Waals surface area contributed by atoms with Crippen LogP contribution in [0.3, 0.4) is 0 Å². The average Bonchev–Trinajstić information content (AvgIpc) is 1.83. The van der Waals surface area contributed by atoms with Gasteiger partial charge >= 0.3 is 0 Å². The molecule has 0 unspecified atom stereocenters. The van der Waals surface area contributed by atoms with Crippen LogP contribution >= 0.6 is 11.8 Å². The fourth-order valence-electron chi connectivity index (χ4n) is 0.211. The molecule has 2 N–H and O–H groups in total. The predicted molar refractivity (Wildman–Crippen MR) is 36.7 cm³/mol. The third-order valence-electron chi connectivity index (χ3n) is 0.590. The first-order valence-corrected chi connectivity index (χ1v) is 3.30. The van der Waals surface area contributed by atoms with Gasteiger partial charge in [0, 0.05) is 0 Å². The molecule has 0 saturated heterocycles. The number of hydrogen-bond donors (Lipinski definition) is 1. The summed E-state index contributed by atoms with van der Waals surface area (Å²) in [5, 5.41) is 1.63. The van der Waals surface area contributed by atoms with E-state index in [1.165, 1.54) is 11.8 Å². The van der Waals surface area contributed by atoms with Crippen LogP contribution in [0.5, 0.6) is 0 Å². The van der Waals surface area contributed by atoms with Gasteiger partial charge in [0.15, 0.2) is 5.78 Å². The summed E-state index contributed by atoms with van der Waals surface area (Å²) >= 11 is 1.38. The largest absolute Gasteiger partial charge is 0.324 e. The summed E-state index contributed by atoms with van der Waals surface area (Å²) < 4.78 is 0. The summed E-state index contributed by atoms with van der Waals surface area (Å²) in [7, 11) is 0. The first-order valence-electron chi connectivity index (χ1n) is 2.25. The van der Waals surface area contributed by atoms with Crippen LogP contribution in [-0.2, 0) is 4.79 Å². The van der Waals surface area contributed by atoms with Gasteiger partial charge in [-0.2, -0.15) is 0 Å². The number of rotatable bonds is 4. The van der Waals surface area contributed by atoms with E-state index in [0.717, 1.165) is 0 Å². The lowest BCUT2D eigenvalue weighted by Crippen LogP contribution is -2.14. The van der Waals surface area contributed by atoms with E-state index in [9.17, 15) is 4.79 Å². The van der Waals surface area contributed by atoms with Gasteiger partial charge in [0.2, 0.25) is 0 Å². The van der Waals surface area contributed by atoms with Crippen molar-refractivity contribution < 1.29 is 4.79 Å². The van der Waals surface area contributed by atoms with Crippen LogP contribution in [-0.4, -0.2) is 18.1 Å². The summed E-state index contributed by atoms with van der Waals surface area (Å²) in [6, 6.07) is 0. The molecule has 0 heterocycles. The number of Topliss-reactive ketones (excluding diaryl/α,β-unsaturated/α-hetero) is 1. The number of carbonyl (C=O) groups is 1. The molecule has 0 fully saturated rings. The lowest BCUT2D eigenvalue weighted by Gasteiger charge is -1.88. The lowest BCUT2D eigenvalue weighted by atomic mass is 10.5. The van der Waals surface area contributed by atoms with Crippen LogP contribution < -0.4 is 5.73 Å². The minimum Gasteiger partial charge on any atom is -0.324 e. The van der Waals surface area contributed by atoms with Crippen molar-refractivity contribution in [3.63, 3.8) is 0 Å². The van der Waals surface area contributed by atoms with Gasteiger partial charge < -0.3 is 5.73 Å². The molecule has 8 heavy (non-hydrogen) atoms. The van der Waals surface area contributed by atoms with Crippen molar-refractivity contribution in [1.29, 1.82) is 0 Å². The van der Waals surface area contributed by atoms with E-state index >= 15 is 0 Å². The van der Waals surface area contributed by atoms with Crippen molar-refractivity contribution in [2.45, 2.75) is 0 Å². The summed E-state index contributed by atoms with van der Waals surface area (Å²) in [6.45, 7) is 3.58. The van der Waals surface area contributed by atoms with Crippen LogP contribution in [0, 0.1) is 0 Å². The SMILES string of the molecule is C=CSCC(=O)CN. The molecule has 0 aliphatic rings. The molecule has 0 aromatic carbocycles. The standard InChI is InChI=1S/C5H9NOS/c1-2-8-4-5(7)3-6/h2H,1,3-4,6H2. The quantitative estimate of drug-likeness (QED) is 0.600. The number of ketones is 1. The molecule has 0 aliphatic heterocycles. The van der Waals surface area contributed by atoms with Crippen molar-refractivity contribution in [3.05, 3.63) is 12.0 Å². The Morgan fingerprint density at radius 3 is 2.88 bits per heavy atom. The Kier molecular flexibility index (Phi) is 4.70. The van der Waals surface area contributed by atoms with Crippen LogP contribution in [0.15, 0.2) is 12.0 Å². The first-order chi connectivity index (χ1) is 3.81. The fourth-order valence-corrected chi connectivity index (χ4v) is 0.632. The smallest absolute Gasteiger partial charge is 0.156 e. The van der Waals surface area contributed by atoms with Crippen molar-refractivity contribution in [1.82, 2.24) is 0 Å². The molecule has 46 valence electrons. The summed E-state index contributed by atoms with van der Waals surface area (Å²) in [6.07, 6.45) is 0. The molecule has 0 saturated carbocycles. The Labute approximate surface area is 53.1 Å². The van der Waals surface area contributed by atoms with Crippen LogP contribution in [0.4, 0.5) is 0 Å². The van der Waals surface area contributed by atoms with Gasteiger partial charge in [-0.25, -0.2) is 0 Å². The number of carbonyl (C=O) groups excluding carboxylic acids is 1. The Balaban J connectivity index is 3.11. The average molecular weight is 131 g/mol. The van der Waals surface area contributed by atoms with E-state index in [-0.39, 0.29) is 12.3 Å². The molecule has 0 aliphatic carbocycles. The predicted octanol–water partition coefficient (Wildman–Crippen LogP) is 0.391. The molecule has 0 amide bonds. The minimum atomic E-state index is 0.0647. The minimum absolute atomic E-state index is 0.0647. The highest BCUT2D eigenvalue weighted by atomic mass is 32.2. The van der Waals surface area contributed by atoms with Crippen molar-refractivity contribution in [2.24, 2.45) is 5.73 Å². The normalized spacial score (nSPS) is 8.62. The molecule has 0 rings (SSSR count). The van der Waals surface area contributed by atoms with Crippen LogP contribution in [0.1, 0.15) is 0 Å². The number of thioether (sulfide) groups is 1. The maximum atomic E-state index is 10.4. The van der Waals surface area contributed by atoms with Gasteiger partial charge in [-0.1, -0.05) is 6.58 Å². The maximum Gasteiger partial charge on any atom is 0.156 e. The number of nitrogens with two attached hydrogens (primary N) is 1. The highest BCUT2D eigenvalue weighted by molar-refractivity contribution is 8.02. The van der Waals surface area contributed by atoms with Crippen LogP contribution in [0.2, 0.25) is 0 Å². The molecule has 0 radical (unpaired) electrons. The van der Waals surface area contributed by atoms with Gasteiger partial charge in [0.05, 0.1) is 12.3 Å². The zero-order valence-corrected chi connectivity index (χ0v) is 5.41. The van der Waals surface area contributed by atoms with E-state index in [2.05, 4.69) is 6.58 Å². The third-order valence-corrected chi connectivity index (χ3v) is 1.31. The zero-order valence-electron chi connectivity index (χ0n) is 4.59. The highest BCUT2D eigenvalue weighted by Gasteiger charge is 1.93. The summed E-state index contributed by atoms with van der Waals surface area (Å²) in [5.41, 5.74) is 5.02. The van der Waals surface area contributed by atoms with Crippen molar-refractivity contribution in [2.75, 3.05) is 12.3 Å². The molecule has 3 heteroatoms. The Morgan fingerprint density at radius 1 is 1.88 bits per heavy atom. The second kappa shape index (κ2) is 4.87. The maximum absolute atomic E-state index is 10.4. The van der Waals surface area contributed by atoms with Crippen molar-refractivity contribution in [3.8, 4) is 0 Å². The molecule has 0 spiro atoms. The Hall–Kier alpha value is -0.280. The van der Waals surface area contributed by atoms with Gasteiger partial charge in [-0.05, 0) is 5.41 Å². The topological polar surface area (TPSA) is 43.1 Å². The molecule has 0 bridgehead atoms.